The summed E-state index contributed by atoms with van der Waals surface area (Å²) in [5.74, 6) is -6.56. The maximum absolute atomic E-state index is 14.8. The van der Waals surface area contributed by atoms with E-state index in [9.17, 15) is 36.3 Å². The predicted molar refractivity (Wildman–Crippen MR) is 97.9 cm³/mol. The standard InChI is InChI=1S/C17H18F3N3O6S/c1-8(29-3)14(17(25)26)22-30(27,28)12-7-23(2)15(13(12)20)16(24)21-9-4-5-10(18)11(19)6-9/h4-8,14,22H,1-3H3,(H,21,24)(H,25,26). The number of anilines is 1. The Labute approximate surface area is 169 Å². The molecule has 2 unspecified atom stereocenters. The van der Waals surface area contributed by atoms with E-state index >= 15 is 0 Å². The van der Waals surface area contributed by atoms with E-state index in [1.54, 1.807) is 0 Å². The van der Waals surface area contributed by atoms with Gasteiger partial charge in [0.2, 0.25) is 10.0 Å². The molecule has 0 aliphatic rings. The average Bonchev–Trinajstić information content (AvgIpc) is 2.97. The predicted octanol–water partition coefficient (Wildman–Crippen LogP) is 1.46. The van der Waals surface area contributed by atoms with Crippen LogP contribution in [0.1, 0.15) is 17.4 Å². The minimum Gasteiger partial charge on any atom is -0.480 e. The third kappa shape index (κ3) is 4.80. The van der Waals surface area contributed by atoms with E-state index < -0.39 is 62.1 Å². The van der Waals surface area contributed by atoms with Crippen LogP contribution in [0.3, 0.4) is 0 Å². The van der Waals surface area contributed by atoms with E-state index in [1.807, 2.05) is 4.72 Å². The fourth-order valence-electron chi connectivity index (χ4n) is 2.49. The lowest BCUT2D eigenvalue weighted by molar-refractivity contribution is -0.142. The Morgan fingerprint density at radius 3 is 2.37 bits per heavy atom. The summed E-state index contributed by atoms with van der Waals surface area (Å²) >= 11 is 0. The molecule has 2 atom stereocenters. The Bertz CT molecular complexity index is 1090. The first-order valence-corrected chi connectivity index (χ1v) is 9.76. The normalized spacial score (nSPS) is 13.7. The van der Waals surface area contributed by atoms with Crippen molar-refractivity contribution >= 4 is 27.6 Å². The first-order chi connectivity index (χ1) is 13.9. The van der Waals surface area contributed by atoms with Crippen molar-refractivity contribution in [1.82, 2.24) is 9.29 Å². The number of hydrogen-bond donors (Lipinski definition) is 3. The van der Waals surface area contributed by atoms with Gasteiger partial charge in [-0.2, -0.15) is 4.72 Å². The van der Waals surface area contributed by atoms with Crippen molar-refractivity contribution in [2.75, 3.05) is 12.4 Å². The minimum absolute atomic E-state index is 0.193. The largest absolute Gasteiger partial charge is 0.480 e. The number of carbonyl (C=O) groups is 2. The molecular weight excluding hydrogens is 431 g/mol. The van der Waals surface area contributed by atoms with E-state index in [4.69, 9.17) is 4.74 Å². The van der Waals surface area contributed by atoms with Gasteiger partial charge < -0.3 is 19.7 Å². The third-order valence-corrected chi connectivity index (χ3v) is 5.59. The Kier molecular flexibility index (Phi) is 6.90. The van der Waals surface area contributed by atoms with Gasteiger partial charge in [-0.1, -0.05) is 0 Å². The zero-order chi connectivity index (χ0) is 22.8. The van der Waals surface area contributed by atoms with Gasteiger partial charge in [-0.25, -0.2) is 21.6 Å². The summed E-state index contributed by atoms with van der Waals surface area (Å²) in [5.41, 5.74) is -0.923. The summed E-state index contributed by atoms with van der Waals surface area (Å²) in [6.07, 6.45) is -0.311. The lowest BCUT2D eigenvalue weighted by atomic mass is 10.2. The molecule has 1 aromatic heterocycles. The minimum atomic E-state index is -4.71. The molecule has 3 N–H and O–H groups in total. The van der Waals surface area contributed by atoms with Gasteiger partial charge in [-0.3, -0.25) is 9.59 Å². The number of methoxy groups -OCH3 is 1. The fourth-order valence-corrected chi connectivity index (χ4v) is 3.88. The first kappa shape index (κ1) is 23.4. The first-order valence-electron chi connectivity index (χ1n) is 8.28. The summed E-state index contributed by atoms with van der Waals surface area (Å²) in [5, 5.41) is 11.3. The molecule has 30 heavy (non-hydrogen) atoms. The van der Waals surface area contributed by atoms with Crippen LogP contribution in [0, 0.1) is 17.5 Å². The lowest BCUT2D eigenvalue weighted by Crippen LogP contribution is -2.48. The fraction of sp³-hybridized carbons (Fsp3) is 0.294. The van der Waals surface area contributed by atoms with Crippen LogP contribution in [0.4, 0.5) is 18.9 Å². The van der Waals surface area contributed by atoms with Crippen LogP contribution < -0.4 is 10.0 Å². The molecule has 0 saturated heterocycles. The van der Waals surface area contributed by atoms with Crippen molar-refractivity contribution < 1.29 is 41.0 Å². The molecule has 0 bridgehead atoms. The molecule has 2 rings (SSSR count). The molecule has 9 nitrogen and oxygen atoms in total. The number of sulfonamides is 1. The number of nitrogens with one attached hydrogen (secondary N) is 2. The summed E-state index contributed by atoms with van der Waals surface area (Å²) < 4.78 is 73.6. The summed E-state index contributed by atoms with van der Waals surface area (Å²) in [6, 6.07) is 0.713. The van der Waals surface area contributed by atoms with Crippen molar-refractivity contribution in [3.8, 4) is 0 Å². The van der Waals surface area contributed by atoms with Gasteiger partial charge in [-0.05, 0) is 19.1 Å². The number of aliphatic carboxylic acids is 1. The number of carbonyl (C=O) groups excluding carboxylic acids is 1. The number of benzene rings is 1. The third-order valence-electron chi connectivity index (χ3n) is 4.16. The molecule has 0 radical (unpaired) electrons. The van der Waals surface area contributed by atoms with E-state index in [1.165, 1.54) is 21.1 Å². The molecule has 164 valence electrons. The summed E-state index contributed by atoms with van der Waals surface area (Å²) in [7, 11) is -2.37. The summed E-state index contributed by atoms with van der Waals surface area (Å²) in [6.45, 7) is 1.29. The Morgan fingerprint density at radius 2 is 1.83 bits per heavy atom. The topological polar surface area (TPSA) is 127 Å². The molecule has 13 heteroatoms. The SMILES string of the molecule is COC(C)C(NS(=O)(=O)c1cn(C)c(C(=O)Nc2ccc(F)c(F)c2)c1F)C(=O)O. The highest BCUT2D eigenvalue weighted by atomic mass is 32.2. The van der Waals surface area contributed by atoms with Crippen molar-refractivity contribution in [2.24, 2.45) is 7.05 Å². The van der Waals surface area contributed by atoms with Gasteiger partial charge in [0.15, 0.2) is 17.5 Å². The number of nitrogens with zero attached hydrogens (tertiary/aromatic N) is 1. The number of aromatic nitrogens is 1. The highest BCUT2D eigenvalue weighted by Gasteiger charge is 2.34. The number of hydrogen-bond acceptors (Lipinski definition) is 5. The second-order valence-electron chi connectivity index (χ2n) is 6.23. The Morgan fingerprint density at radius 1 is 1.20 bits per heavy atom. The number of rotatable bonds is 8. The van der Waals surface area contributed by atoms with E-state index in [0.29, 0.717) is 6.07 Å². The van der Waals surface area contributed by atoms with Gasteiger partial charge in [0, 0.05) is 32.1 Å². The van der Waals surface area contributed by atoms with Gasteiger partial charge in [0.1, 0.15) is 16.6 Å². The molecule has 0 fully saturated rings. The zero-order valence-electron chi connectivity index (χ0n) is 15.9. The number of amides is 1. The van der Waals surface area contributed by atoms with E-state index in [0.717, 1.165) is 22.9 Å². The van der Waals surface area contributed by atoms with Crippen LogP contribution in [0.5, 0.6) is 0 Å². The van der Waals surface area contributed by atoms with Gasteiger partial charge in [0.25, 0.3) is 5.91 Å². The van der Waals surface area contributed by atoms with Crippen LogP contribution in [-0.4, -0.2) is 49.2 Å². The van der Waals surface area contributed by atoms with Crippen molar-refractivity contribution in [3.63, 3.8) is 0 Å². The number of ether oxygens (including phenoxy) is 1. The molecular formula is C17H18F3N3O6S. The van der Waals surface area contributed by atoms with Gasteiger partial charge in [0.05, 0.1) is 6.10 Å². The second kappa shape index (κ2) is 8.85. The van der Waals surface area contributed by atoms with Crippen LogP contribution >= 0.6 is 0 Å². The van der Waals surface area contributed by atoms with Crippen molar-refractivity contribution in [1.29, 1.82) is 0 Å². The summed E-state index contributed by atoms with van der Waals surface area (Å²) in [4.78, 5) is 22.7. The van der Waals surface area contributed by atoms with Gasteiger partial charge in [-0.15, -0.1) is 0 Å². The average molecular weight is 449 g/mol. The number of aryl methyl sites for hydroxylation is 1. The van der Waals surface area contributed by atoms with Crippen LogP contribution in [-0.2, 0) is 26.6 Å². The second-order valence-corrected chi connectivity index (χ2v) is 7.91. The molecule has 1 amide bonds. The monoisotopic (exact) mass is 449 g/mol. The van der Waals surface area contributed by atoms with Gasteiger partial charge >= 0.3 is 5.97 Å². The highest BCUT2D eigenvalue weighted by molar-refractivity contribution is 7.89. The molecule has 2 aromatic rings. The molecule has 0 aliphatic heterocycles. The lowest BCUT2D eigenvalue weighted by Gasteiger charge is -2.19. The number of carboxylic acid groups (broad SMARTS) is 1. The molecule has 0 spiro atoms. The van der Waals surface area contributed by atoms with E-state index in [2.05, 4.69) is 5.32 Å². The molecule has 1 aromatic carbocycles. The van der Waals surface area contributed by atoms with Crippen molar-refractivity contribution in [3.05, 3.63) is 47.5 Å². The van der Waals surface area contributed by atoms with Crippen LogP contribution in [0.25, 0.3) is 0 Å². The molecule has 0 saturated carbocycles. The van der Waals surface area contributed by atoms with E-state index in [-0.39, 0.29) is 5.69 Å². The quantitative estimate of drug-likeness (QED) is 0.560. The van der Waals surface area contributed by atoms with Crippen LogP contribution in [0.2, 0.25) is 0 Å². The van der Waals surface area contributed by atoms with Crippen molar-refractivity contribution in [2.45, 2.75) is 24.0 Å². The maximum Gasteiger partial charge on any atom is 0.324 e. The number of carboxylic acids is 1. The highest BCUT2D eigenvalue weighted by Crippen LogP contribution is 2.22. The Hall–Kier alpha value is -2.90. The maximum atomic E-state index is 14.8. The zero-order valence-corrected chi connectivity index (χ0v) is 16.8. The molecule has 1 heterocycles. The Balaban J connectivity index is 2.36. The number of halogens is 3. The smallest absolute Gasteiger partial charge is 0.324 e. The molecule has 0 aliphatic carbocycles. The van der Waals surface area contributed by atoms with Crippen LogP contribution in [0.15, 0.2) is 29.3 Å².